The Morgan fingerprint density at radius 1 is 1.33 bits per heavy atom. The van der Waals surface area contributed by atoms with E-state index >= 15 is 0 Å². The summed E-state index contributed by atoms with van der Waals surface area (Å²) in [6, 6.07) is 3.18. The highest BCUT2D eigenvalue weighted by Crippen LogP contribution is 2.33. The van der Waals surface area contributed by atoms with Gasteiger partial charge in [-0.2, -0.15) is 0 Å². The third kappa shape index (κ3) is 3.36. The number of nitrogens with one attached hydrogen (secondary N) is 1. The lowest BCUT2D eigenvalue weighted by molar-refractivity contribution is -0.117. The van der Waals surface area contributed by atoms with E-state index in [0.717, 1.165) is 0 Å². The maximum atomic E-state index is 11.9. The average molecular weight is 317 g/mol. The minimum absolute atomic E-state index is 0.239. The second-order valence-electron chi connectivity index (χ2n) is 3.34. The summed E-state index contributed by atoms with van der Waals surface area (Å²) < 4.78 is 10.8. The second kappa shape index (κ2) is 6.25. The van der Waals surface area contributed by atoms with Gasteiger partial charge in [0.25, 0.3) is 5.91 Å². The number of hydrogen-bond acceptors (Lipinski definition) is 4. The Labute approximate surface area is 113 Å². The molecule has 0 aliphatic rings. The summed E-state index contributed by atoms with van der Waals surface area (Å²) in [5.74, 6) is -0.237. The van der Waals surface area contributed by atoms with Crippen molar-refractivity contribution in [3.05, 3.63) is 22.2 Å². The quantitative estimate of drug-likeness (QED) is 0.835. The normalized spacial score (nSPS) is 9.72. The van der Waals surface area contributed by atoms with Crippen molar-refractivity contribution in [3.8, 4) is 11.5 Å². The van der Waals surface area contributed by atoms with E-state index in [-0.39, 0.29) is 12.1 Å². The maximum Gasteiger partial charge on any atom is 0.255 e. The molecule has 1 aromatic rings. The molecule has 0 bridgehead atoms. The molecule has 0 radical (unpaired) electrons. The molecule has 7 heteroatoms. The number of methoxy groups -OCH3 is 2. The summed E-state index contributed by atoms with van der Waals surface area (Å²) in [5.41, 5.74) is 5.21. The third-order valence-corrected chi connectivity index (χ3v) is 2.71. The van der Waals surface area contributed by atoms with Crippen molar-refractivity contribution in [1.29, 1.82) is 0 Å². The Kier molecular flexibility index (Phi) is 4.96. The van der Waals surface area contributed by atoms with Crippen molar-refractivity contribution in [1.82, 2.24) is 5.32 Å². The highest BCUT2D eigenvalue weighted by Gasteiger charge is 2.17. The number of halogens is 1. The van der Waals surface area contributed by atoms with E-state index in [1.54, 1.807) is 6.07 Å². The number of rotatable bonds is 5. The van der Waals surface area contributed by atoms with Gasteiger partial charge in [-0.15, -0.1) is 0 Å². The molecule has 0 heterocycles. The van der Waals surface area contributed by atoms with Gasteiger partial charge in [0, 0.05) is 0 Å². The molecule has 0 aliphatic carbocycles. The number of ether oxygens (including phenoxy) is 2. The first kappa shape index (κ1) is 14.3. The summed E-state index contributed by atoms with van der Waals surface area (Å²) >= 11 is 3.27. The van der Waals surface area contributed by atoms with Crippen molar-refractivity contribution >= 4 is 27.7 Å². The van der Waals surface area contributed by atoms with Crippen molar-refractivity contribution in [2.75, 3.05) is 20.8 Å². The minimum atomic E-state index is -0.621. The zero-order valence-electron chi connectivity index (χ0n) is 9.95. The Morgan fingerprint density at radius 2 is 2.00 bits per heavy atom. The molecule has 98 valence electrons. The van der Waals surface area contributed by atoms with Gasteiger partial charge in [0.15, 0.2) is 0 Å². The topological polar surface area (TPSA) is 90.7 Å². The summed E-state index contributed by atoms with van der Waals surface area (Å²) in [6.45, 7) is -0.239. The van der Waals surface area contributed by atoms with Gasteiger partial charge in [0.2, 0.25) is 5.91 Å². The zero-order chi connectivity index (χ0) is 13.7. The van der Waals surface area contributed by atoms with Gasteiger partial charge in [0.05, 0.1) is 30.8 Å². The Bertz CT molecular complexity index is 476. The van der Waals surface area contributed by atoms with E-state index in [1.165, 1.54) is 20.3 Å². The molecule has 1 aromatic carbocycles. The lowest BCUT2D eigenvalue weighted by atomic mass is 10.1. The fraction of sp³-hybridized carbons (Fsp3) is 0.273. The van der Waals surface area contributed by atoms with Gasteiger partial charge in [-0.05, 0) is 28.1 Å². The molecule has 0 aliphatic heterocycles. The number of benzene rings is 1. The van der Waals surface area contributed by atoms with Crippen LogP contribution in [0.1, 0.15) is 10.4 Å². The van der Waals surface area contributed by atoms with Crippen LogP contribution in [0.15, 0.2) is 16.6 Å². The summed E-state index contributed by atoms with van der Waals surface area (Å²) in [5, 5.41) is 2.38. The lowest BCUT2D eigenvalue weighted by Crippen LogP contribution is -2.33. The Morgan fingerprint density at radius 3 is 2.50 bits per heavy atom. The Hall–Kier alpha value is -1.76. The first-order valence-corrected chi connectivity index (χ1v) is 5.77. The van der Waals surface area contributed by atoms with Crippen LogP contribution in [0, 0.1) is 0 Å². The molecule has 0 aromatic heterocycles. The van der Waals surface area contributed by atoms with Crippen LogP contribution < -0.4 is 20.5 Å². The van der Waals surface area contributed by atoms with Crippen molar-refractivity contribution in [3.63, 3.8) is 0 Å². The number of nitrogens with two attached hydrogens (primary N) is 1. The average Bonchev–Trinajstić information content (AvgIpc) is 2.34. The molecule has 18 heavy (non-hydrogen) atoms. The van der Waals surface area contributed by atoms with E-state index in [1.807, 2.05) is 0 Å². The first-order chi connectivity index (χ1) is 8.49. The predicted molar refractivity (Wildman–Crippen MR) is 68.8 cm³/mol. The van der Waals surface area contributed by atoms with Gasteiger partial charge in [-0.3, -0.25) is 9.59 Å². The number of carbonyl (C=O) groups excluding carboxylic acids is 2. The van der Waals surface area contributed by atoms with Gasteiger partial charge in [-0.1, -0.05) is 0 Å². The maximum absolute atomic E-state index is 11.9. The van der Waals surface area contributed by atoms with Gasteiger partial charge in [-0.25, -0.2) is 0 Å². The minimum Gasteiger partial charge on any atom is -0.497 e. The van der Waals surface area contributed by atoms with Gasteiger partial charge >= 0.3 is 0 Å². The van der Waals surface area contributed by atoms with Crippen molar-refractivity contribution < 1.29 is 19.1 Å². The molecule has 0 atom stereocenters. The molecule has 2 amide bonds. The van der Waals surface area contributed by atoms with Crippen LogP contribution in [0.25, 0.3) is 0 Å². The SMILES string of the molecule is COc1cc(Br)c(OC)c(C(=O)NCC(N)=O)c1. The van der Waals surface area contributed by atoms with Crippen molar-refractivity contribution in [2.45, 2.75) is 0 Å². The van der Waals surface area contributed by atoms with Crippen LogP contribution >= 0.6 is 15.9 Å². The molecule has 1 rings (SSSR count). The highest BCUT2D eigenvalue weighted by molar-refractivity contribution is 9.10. The summed E-state index contributed by atoms with van der Waals surface area (Å²) in [4.78, 5) is 22.5. The van der Waals surface area contributed by atoms with Crippen molar-refractivity contribution in [2.24, 2.45) is 5.73 Å². The van der Waals surface area contributed by atoms with Crippen LogP contribution in [-0.2, 0) is 4.79 Å². The predicted octanol–water partition coefficient (Wildman–Crippen LogP) is 0.681. The van der Waals surface area contributed by atoms with Crippen LogP contribution in [0.2, 0.25) is 0 Å². The molecule has 3 N–H and O–H groups in total. The lowest BCUT2D eigenvalue weighted by Gasteiger charge is -2.12. The van der Waals surface area contributed by atoms with E-state index in [4.69, 9.17) is 15.2 Å². The number of carbonyl (C=O) groups is 2. The van der Waals surface area contributed by atoms with E-state index < -0.39 is 11.8 Å². The number of hydrogen-bond donors (Lipinski definition) is 2. The Balaban J connectivity index is 3.08. The molecule has 0 saturated heterocycles. The standard InChI is InChI=1S/C11H13BrN2O4/c1-17-6-3-7(10(18-2)8(12)4-6)11(16)14-5-9(13)15/h3-4H,5H2,1-2H3,(H2,13,15)(H,14,16). The van der Waals surface area contributed by atoms with Gasteiger partial charge in [0.1, 0.15) is 11.5 Å². The fourth-order valence-corrected chi connectivity index (χ4v) is 1.93. The zero-order valence-corrected chi connectivity index (χ0v) is 11.5. The second-order valence-corrected chi connectivity index (χ2v) is 4.19. The molecule has 0 fully saturated rings. The molecule has 0 unspecified atom stereocenters. The molecular weight excluding hydrogens is 304 g/mol. The van der Waals surface area contributed by atoms with Gasteiger partial charge < -0.3 is 20.5 Å². The van der Waals surface area contributed by atoms with E-state index in [2.05, 4.69) is 21.2 Å². The number of primary amides is 1. The summed E-state index contributed by atoms with van der Waals surface area (Å²) in [7, 11) is 2.93. The first-order valence-electron chi connectivity index (χ1n) is 4.97. The summed E-state index contributed by atoms with van der Waals surface area (Å²) in [6.07, 6.45) is 0. The third-order valence-electron chi connectivity index (χ3n) is 2.12. The highest BCUT2D eigenvalue weighted by atomic mass is 79.9. The smallest absolute Gasteiger partial charge is 0.255 e. The van der Waals surface area contributed by atoms with E-state index in [9.17, 15) is 9.59 Å². The van der Waals surface area contributed by atoms with Crippen LogP contribution in [0.4, 0.5) is 0 Å². The van der Waals surface area contributed by atoms with Crippen LogP contribution in [0.3, 0.4) is 0 Å². The fourth-order valence-electron chi connectivity index (χ4n) is 1.33. The largest absolute Gasteiger partial charge is 0.497 e. The monoisotopic (exact) mass is 316 g/mol. The molecular formula is C11H13BrN2O4. The molecule has 0 saturated carbocycles. The van der Waals surface area contributed by atoms with Crippen LogP contribution in [0.5, 0.6) is 11.5 Å². The van der Waals surface area contributed by atoms with Crippen LogP contribution in [-0.4, -0.2) is 32.6 Å². The molecule has 6 nitrogen and oxygen atoms in total. The molecule has 0 spiro atoms. The van der Waals surface area contributed by atoms with E-state index in [0.29, 0.717) is 16.0 Å². The number of amides is 2.